The van der Waals surface area contributed by atoms with Gasteiger partial charge < -0.3 is 4.90 Å². The first-order valence-electron chi connectivity index (χ1n) is 9.41. The summed E-state index contributed by atoms with van der Waals surface area (Å²) in [6.45, 7) is 15.3. The van der Waals surface area contributed by atoms with Crippen LogP contribution in [0.5, 0.6) is 0 Å². The second-order valence-electron chi connectivity index (χ2n) is 5.37. The molecule has 0 aliphatic carbocycles. The summed E-state index contributed by atoms with van der Waals surface area (Å²) in [5, 5.41) is 0. The summed E-state index contributed by atoms with van der Waals surface area (Å²) in [4.78, 5) is 2.31. The van der Waals surface area contributed by atoms with E-state index < -0.39 is 0 Å². The van der Waals surface area contributed by atoms with Crippen molar-refractivity contribution in [2.24, 2.45) is 0 Å². The Bertz CT molecular complexity index is 115. The van der Waals surface area contributed by atoms with E-state index in [2.05, 4.69) is 39.6 Å². The lowest BCUT2D eigenvalue weighted by Crippen LogP contribution is -2.17. The van der Waals surface area contributed by atoms with E-state index in [9.17, 15) is 0 Å². The van der Waals surface area contributed by atoms with Gasteiger partial charge in [0, 0.05) is 0 Å². The molecule has 0 spiro atoms. The fourth-order valence-corrected chi connectivity index (χ4v) is 1.92. The molecule has 0 aromatic carbocycles. The van der Waals surface area contributed by atoms with E-state index in [1.807, 2.05) is 13.8 Å². The Labute approximate surface area is 131 Å². The smallest absolute Gasteiger partial charge is 0.00245 e. The highest BCUT2D eigenvalue weighted by molar-refractivity contribution is 4.44. The van der Waals surface area contributed by atoms with Crippen LogP contribution in [0.25, 0.3) is 0 Å². The average Bonchev–Trinajstić information content (AvgIpc) is 2.49. The Morgan fingerprint density at radius 3 is 1.10 bits per heavy atom. The Hall–Kier alpha value is -0.0400. The third-order valence-electron chi connectivity index (χ3n) is 3.35. The molecule has 20 heavy (non-hydrogen) atoms. The zero-order chi connectivity index (χ0) is 16.1. The van der Waals surface area contributed by atoms with E-state index in [0.29, 0.717) is 0 Å². The summed E-state index contributed by atoms with van der Waals surface area (Å²) in [5.74, 6) is 0. The second-order valence-corrected chi connectivity index (χ2v) is 5.37. The summed E-state index contributed by atoms with van der Waals surface area (Å²) >= 11 is 0. The molecule has 1 heteroatoms. The van der Waals surface area contributed by atoms with Crippen LogP contribution in [0.4, 0.5) is 0 Å². The Morgan fingerprint density at radius 1 is 0.550 bits per heavy atom. The Kier molecular flexibility index (Phi) is 34.1. The highest BCUT2D eigenvalue weighted by atomic mass is 15.1. The van der Waals surface area contributed by atoms with Gasteiger partial charge >= 0.3 is 0 Å². The van der Waals surface area contributed by atoms with Crippen LogP contribution >= 0.6 is 0 Å². The van der Waals surface area contributed by atoms with E-state index in [1.54, 1.807) is 0 Å². The van der Waals surface area contributed by atoms with Crippen LogP contribution in [-0.4, -0.2) is 25.0 Å². The van der Waals surface area contributed by atoms with Crippen LogP contribution in [0.15, 0.2) is 0 Å². The van der Waals surface area contributed by atoms with Crippen LogP contribution in [-0.2, 0) is 0 Å². The van der Waals surface area contributed by atoms with Crippen molar-refractivity contribution in [3.63, 3.8) is 0 Å². The maximum absolute atomic E-state index is 2.31. The first kappa shape index (κ1) is 24.9. The van der Waals surface area contributed by atoms with Gasteiger partial charge in [-0.1, -0.05) is 99.3 Å². The number of rotatable bonds is 11. The molecular formula is C19H45N. The normalized spacial score (nSPS) is 9.60. The fraction of sp³-hybridized carbons (Fsp3) is 1.00. The molecule has 0 aliphatic heterocycles. The highest BCUT2D eigenvalue weighted by Crippen LogP contribution is 2.08. The number of hydrogen-bond acceptors (Lipinski definition) is 1. The first-order chi connectivity index (χ1) is 9.72. The molecule has 0 rings (SSSR count). The van der Waals surface area contributed by atoms with Crippen molar-refractivity contribution in [2.75, 3.05) is 20.1 Å². The van der Waals surface area contributed by atoms with Gasteiger partial charge in [0.25, 0.3) is 0 Å². The van der Waals surface area contributed by atoms with E-state index >= 15 is 0 Å². The van der Waals surface area contributed by atoms with Gasteiger partial charge in [0.05, 0.1) is 0 Å². The van der Waals surface area contributed by atoms with Crippen LogP contribution in [0.3, 0.4) is 0 Å². The molecular weight excluding hydrogens is 242 g/mol. The molecule has 0 N–H and O–H groups in total. The molecule has 126 valence electrons. The average molecular weight is 288 g/mol. The predicted octanol–water partition coefficient (Wildman–Crippen LogP) is 6.91. The molecule has 0 aromatic heterocycles. The molecule has 0 amide bonds. The number of nitrogens with zero attached hydrogens (tertiary/aromatic N) is 1. The van der Waals surface area contributed by atoms with Crippen molar-refractivity contribution >= 4 is 0 Å². The van der Waals surface area contributed by atoms with Gasteiger partial charge in [-0.3, -0.25) is 0 Å². The maximum atomic E-state index is 2.31. The summed E-state index contributed by atoms with van der Waals surface area (Å²) in [6, 6.07) is 0. The predicted molar refractivity (Wildman–Crippen MR) is 97.7 cm³/mol. The van der Waals surface area contributed by atoms with Crippen molar-refractivity contribution in [1.29, 1.82) is 0 Å². The monoisotopic (exact) mass is 287 g/mol. The topological polar surface area (TPSA) is 3.24 Å². The van der Waals surface area contributed by atoms with E-state index in [0.717, 1.165) is 0 Å². The van der Waals surface area contributed by atoms with Crippen molar-refractivity contribution in [3.05, 3.63) is 0 Å². The van der Waals surface area contributed by atoms with E-state index in [1.165, 1.54) is 77.3 Å². The van der Waals surface area contributed by atoms with Gasteiger partial charge in [0.15, 0.2) is 0 Å². The van der Waals surface area contributed by atoms with E-state index in [4.69, 9.17) is 0 Å². The minimum atomic E-state index is 1.17. The lowest BCUT2D eigenvalue weighted by atomic mass is 10.1. The van der Waals surface area contributed by atoms with Gasteiger partial charge in [-0.25, -0.2) is 0 Å². The van der Waals surface area contributed by atoms with Crippen LogP contribution in [0.2, 0.25) is 0 Å². The Balaban J connectivity index is -0.000000277. The quantitative estimate of drug-likeness (QED) is 0.373. The fourth-order valence-electron chi connectivity index (χ4n) is 1.92. The van der Waals surface area contributed by atoms with Gasteiger partial charge in [-0.15, -0.1) is 0 Å². The summed E-state index contributed by atoms with van der Waals surface area (Å²) < 4.78 is 0. The van der Waals surface area contributed by atoms with Crippen LogP contribution in [0.1, 0.15) is 106 Å². The SMILES string of the molecule is CC.CCCCCCCCCCC.CCCN(C)CC. The van der Waals surface area contributed by atoms with Gasteiger partial charge in [-0.05, 0) is 26.6 Å². The van der Waals surface area contributed by atoms with Gasteiger partial charge in [0.2, 0.25) is 0 Å². The van der Waals surface area contributed by atoms with Crippen molar-refractivity contribution in [3.8, 4) is 0 Å². The van der Waals surface area contributed by atoms with Gasteiger partial charge in [0.1, 0.15) is 0 Å². The van der Waals surface area contributed by atoms with Crippen molar-refractivity contribution in [2.45, 2.75) is 106 Å². The standard InChI is InChI=1S/C11H24.C6H15N.C2H6/c1-3-5-7-9-11-10-8-6-4-2;1-4-6-7(3)5-2;1-2/h3-11H2,1-2H3;4-6H2,1-3H3;1-2H3. The van der Waals surface area contributed by atoms with Crippen molar-refractivity contribution in [1.82, 2.24) is 4.90 Å². The molecule has 0 fully saturated rings. The zero-order valence-electron chi connectivity index (χ0n) is 15.9. The molecule has 0 aliphatic rings. The number of hydrogen-bond donors (Lipinski definition) is 0. The summed E-state index contributed by atoms with van der Waals surface area (Å²) in [6.07, 6.45) is 14.2. The Morgan fingerprint density at radius 2 is 0.900 bits per heavy atom. The molecule has 0 heterocycles. The highest BCUT2D eigenvalue weighted by Gasteiger charge is 1.89. The third-order valence-corrected chi connectivity index (χ3v) is 3.35. The largest absolute Gasteiger partial charge is 0.307 e. The minimum absolute atomic E-state index is 1.17. The number of unbranched alkanes of at least 4 members (excludes halogenated alkanes) is 8. The third kappa shape index (κ3) is 30.8. The van der Waals surface area contributed by atoms with Crippen molar-refractivity contribution < 1.29 is 0 Å². The molecule has 0 bridgehead atoms. The molecule has 0 atom stereocenters. The summed E-state index contributed by atoms with van der Waals surface area (Å²) in [7, 11) is 2.14. The van der Waals surface area contributed by atoms with Gasteiger partial charge in [-0.2, -0.15) is 0 Å². The molecule has 1 nitrogen and oxygen atoms in total. The lowest BCUT2D eigenvalue weighted by Gasteiger charge is -2.10. The molecule has 0 saturated heterocycles. The zero-order valence-corrected chi connectivity index (χ0v) is 15.9. The summed E-state index contributed by atoms with van der Waals surface area (Å²) in [5.41, 5.74) is 0. The molecule has 0 radical (unpaired) electrons. The van der Waals surface area contributed by atoms with Crippen LogP contribution in [0, 0.1) is 0 Å². The van der Waals surface area contributed by atoms with Crippen LogP contribution < -0.4 is 0 Å². The van der Waals surface area contributed by atoms with E-state index in [-0.39, 0.29) is 0 Å². The molecule has 0 unspecified atom stereocenters. The minimum Gasteiger partial charge on any atom is -0.307 e. The second kappa shape index (κ2) is 27.3. The maximum Gasteiger partial charge on any atom is -0.00245 e. The molecule has 0 saturated carbocycles. The first-order valence-corrected chi connectivity index (χ1v) is 9.41. The lowest BCUT2D eigenvalue weighted by molar-refractivity contribution is 0.353. The molecule has 0 aromatic rings.